The third-order valence-corrected chi connectivity index (χ3v) is 2.81. The normalized spacial score (nSPS) is 17.2. The van der Waals surface area contributed by atoms with Crippen LogP contribution < -0.4 is 5.32 Å². The zero-order chi connectivity index (χ0) is 11.9. The van der Waals surface area contributed by atoms with Gasteiger partial charge in [-0.25, -0.2) is 0 Å². The van der Waals surface area contributed by atoms with E-state index in [1.807, 2.05) is 0 Å². The number of amides is 1. The summed E-state index contributed by atoms with van der Waals surface area (Å²) in [6.45, 7) is 0. The molecule has 0 radical (unpaired) electrons. The van der Waals surface area contributed by atoms with Crippen LogP contribution in [0.2, 0.25) is 10.0 Å². The van der Waals surface area contributed by atoms with Crippen molar-refractivity contribution in [3.05, 3.63) is 27.7 Å². The standard InChI is InChI=1S/C9H4Cl2N2O3/c10-4-1-3-6(2-5(4)11)12-9(15)8(14)7(3)13-16/h1-2,16H,(H,12,15). The van der Waals surface area contributed by atoms with Crippen molar-refractivity contribution < 1.29 is 14.8 Å². The molecule has 5 nitrogen and oxygen atoms in total. The highest BCUT2D eigenvalue weighted by atomic mass is 35.5. The highest BCUT2D eigenvalue weighted by Crippen LogP contribution is 2.31. The van der Waals surface area contributed by atoms with Gasteiger partial charge in [0, 0.05) is 5.56 Å². The van der Waals surface area contributed by atoms with E-state index in [-0.39, 0.29) is 27.0 Å². The Hall–Kier alpha value is -1.59. The van der Waals surface area contributed by atoms with E-state index in [2.05, 4.69) is 10.5 Å². The first-order chi connectivity index (χ1) is 7.54. The van der Waals surface area contributed by atoms with Gasteiger partial charge in [-0.2, -0.15) is 0 Å². The predicted molar refractivity (Wildman–Crippen MR) is 58.4 cm³/mol. The Bertz CT molecular complexity index is 540. The third-order valence-electron chi connectivity index (χ3n) is 2.09. The van der Waals surface area contributed by atoms with Gasteiger partial charge in [0.15, 0.2) is 5.71 Å². The van der Waals surface area contributed by atoms with Gasteiger partial charge in [0.25, 0.3) is 11.7 Å². The highest BCUT2D eigenvalue weighted by Gasteiger charge is 2.31. The quantitative estimate of drug-likeness (QED) is 0.422. The Kier molecular flexibility index (Phi) is 2.57. The molecule has 1 heterocycles. The van der Waals surface area contributed by atoms with Crippen LogP contribution in [0.4, 0.5) is 5.69 Å². The lowest BCUT2D eigenvalue weighted by Gasteiger charge is -2.17. The van der Waals surface area contributed by atoms with Gasteiger partial charge < -0.3 is 10.5 Å². The van der Waals surface area contributed by atoms with Crippen LogP contribution in [0.15, 0.2) is 17.3 Å². The molecular weight excluding hydrogens is 255 g/mol. The summed E-state index contributed by atoms with van der Waals surface area (Å²) in [5, 5.41) is 14.2. The Morgan fingerprint density at radius 2 is 1.81 bits per heavy atom. The molecule has 2 N–H and O–H groups in total. The molecule has 0 saturated heterocycles. The van der Waals surface area contributed by atoms with E-state index >= 15 is 0 Å². The van der Waals surface area contributed by atoms with Crippen molar-refractivity contribution in [1.29, 1.82) is 0 Å². The molecule has 1 aliphatic heterocycles. The van der Waals surface area contributed by atoms with Crippen LogP contribution in [0.3, 0.4) is 0 Å². The second-order valence-electron chi connectivity index (χ2n) is 3.04. The number of nitrogens with zero attached hydrogens (tertiary/aromatic N) is 1. The lowest BCUT2D eigenvalue weighted by atomic mass is 10.00. The first kappa shape index (κ1) is 10.9. The molecule has 0 unspecified atom stereocenters. The van der Waals surface area contributed by atoms with Gasteiger partial charge in [0.1, 0.15) is 0 Å². The van der Waals surface area contributed by atoms with E-state index in [1.54, 1.807) is 0 Å². The summed E-state index contributed by atoms with van der Waals surface area (Å²) in [4.78, 5) is 22.5. The molecule has 1 aromatic carbocycles. The van der Waals surface area contributed by atoms with Crippen LogP contribution in [0, 0.1) is 0 Å². The number of oxime groups is 1. The van der Waals surface area contributed by atoms with Gasteiger partial charge in [0.2, 0.25) is 0 Å². The van der Waals surface area contributed by atoms with E-state index in [1.165, 1.54) is 12.1 Å². The zero-order valence-electron chi connectivity index (χ0n) is 7.62. The van der Waals surface area contributed by atoms with Crippen molar-refractivity contribution in [1.82, 2.24) is 0 Å². The summed E-state index contributed by atoms with van der Waals surface area (Å²) in [5.74, 6) is -1.80. The molecule has 2 rings (SSSR count). The number of rotatable bonds is 0. The van der Waals surface area contributed by atoms with E-state index in [9.17, 15) is 9.59 Å². The first-order valence-corrected chi connectivity index (χ1v) is 4.87. The van der Waals surface area contributed by atoms with Crippen LogP contribution in [0.25, 0.3) is 0 Å². The summed E-state index contributed by atoms with van der Waals surface area (Å²) < 4.78 is 0. The molecule has 0 saturated carbocycles. The largest absolute Gasteiger partial charge is 0.410 e. The van der Waals surface area contributed by atoms with Crippen molar-refractivity contribution in [2.45, 2.75) is 0 Å². The Morgan fingerprint density at radius 3 is 2.44 bits per heavy atom. The number of Topliss-reactive ketones (excluding diaryl/α,β-unsaturated/α-hetero) is 1. The van der Waals surface area contributed by atoms with E-state index in [0.29, 0.717) is 0 Å². The monoisotopic (exact) mass is 258 g/mol. The van der Waals surface area contributed by atoms with Crippen LogP contribution >= 0.6 is 23.2 Å². The highest BCUT2D eigenvalue weighted by molar-refractivity contribution is 6.72. The van der Waals surface area contributed by atoms with E-state index in [0.717, 1.165) is 0 Å². The zero-order valence-corrected chi connectivity index (χ0v) is 9.13. The number of halogens is 2. The molecule has 0 aromatic heterocycles. The van der Waals surface area contributed by atoms with Crippen LogP contribution in [0.5, 0.6) is 0 Å². The fourth-order valence-electron chi connectivity index (χ4n) is 1.35. The van der Waals surface area contributed by atoms with Crippen molar-refractivity contribution >= 4 is 46.3 Å². The Balaban J connectivity index is 2.70. The third kappa shape index (κ3) is 1.54. The van der Waals surface area contributed by atoms with Gasteiger partial charge in [-0.3, -0.25) is 9.59 Å². The minimum Gasteiger partial charge on any atom is -0.410 e. The molecule has 1 aliphatic rings. The second-order valence-corrected chi connectivity index (χ2v) is 3.86. The minimum absolute atomic E-state index is 0.200. The fourth-order valence-corrected chi connectivity index (χ4v) is 1.68. The van der Waals surface area contributed by atoms with Crippen molar-refractivity contribution in [2.24, 2.45) is 5.16 Å². The first-order valence-electron chi connectivity index (χ1n) is 4.11. The molecule has 0 aliphatic carbocycles. The molecule has 1 aromatic rings. The average molecular weight is 259 g/mol. The number of carbonyl (C=O) groups is 2. The lowest BCUT2D eigenvalue weighted by Crippen LogP contribution is -2.36. The summed E-state index contributed by atoms with van der Waals surface area (Å²) >= 11 is 11.5. The predicted octanol–water partition coefficient (Wildman–Crippen LogP) is 1.69. The minimum atomic E-state index is -0.923. The fraction of sp³-hybridized carbons (Fsp3) is 0. The van der Waals surface area contributed by atoms with E-state index in [4.69, 9.17) is 28.4 Å². The number of hydrogen-bond donors (Lipinski definition) is 2. The number of benzene rings is 1. The molecule has 7 heteroatoms. The maximum atomic E-state index is 11.3. The number of anilines is 1. The topological polar surface area (TPSA) is 78.8 Å². The van der Waals surface area contributed by atoms with Crippen LogP contribution in [-0.4, -0.2) is 22.6 Å². The van der Waals surface area contributed by atoms with Crippen molar-refractivity contribution in [3.63, 3.8) is 0 Å². The van der Waals surface area contributed by atoms with Gasteiger partial charge in [0.05, 0.1) is 15.7 Å². The molecule has 0 fully saturated rings. The van der Waals surface area contributed by atoms with Crippen molar-refractivity contribution in [2.75, 3.05) is 5.32 Å². The molecule has 0 bridgehead atoms. The molecule has 0 atom stereocenters. The molecule has 0 spiro atoms. The van der Waals surface area contributed by atoms with E-state index < -0.39 is 11.7 Å². The molecule has 82 valence electrons. The van der Waals surface area contributed by atoms with Gasteiger partial charge in [-0.15, -0.1) is 0 Å². The Morgan fingerprint density at radius 1 is 1.19 bits per heavy atom. The SMILES string of the molecule is O=C1Nc2cc(Cl)c(Cl)cc2C(=NO)C1=O. The van der Waals surface area contributed by atoms with Gasteiger partial charge in [-0.05, 0) is 12.1 Å². The summed E-state index contributed by atoms with van der Waals surface area (Å²) in [5.41, 5.74) is 0.172. The van der Waals surface area contributed by atoms with Gasteiger partial charge in [-0.1, -0.05) is 28.4 Å². The average Bonchev–Trinajstić information content (AvgIpc) is 2.24. The maximum absolute atomic E-state index is 11.3. The lowest BCUT2D eigenvalue weighted by molar-refractivity contribution is -0.131. The van der Waals surface area contributed by atoms with Crippen molar-refractivity contribution in [3.8, 4) is 0 Å². The smallest absolute Gasteiger partial charge is 0.298 e. The second kappa shape index (κ2) is 3.77. The number of ketones is 1. The van der Waals surface area contributed by atoms with Crippen LogP contribution in [-0.2, 0) is 9.59 Å². The summed E-state index contributed by atoms with van der Waals surface area (Å²) in [6, 6.07) is 2.74. The number of nitrogens with one attached hydrogen (secondary N) is 1. The molecular formula is C9H4Cl2N2O3. The Labute approximate surface area is 99.6 Å². The van der Waals surface area contributed by atoms with Crippen LogP contribution in [0.1, 0.15) is 5.56 Å². The molecule has 16 heavy (non-hydrogen) atoms. The van der Waals surface area contributed by atoms with Gasteiger partial charge >= 0.3 is 0 Å². The number of hydrogen-bond acceptors (Lipinski definition) is 4. The summed E-state index contributed by atoms with van der Waals surface area (Å²) in [7, 11) is 0. The number of carbonyl (C=O) groups excluding carboxylic acids is 2. The molecule has 1 amide bonds. The number of fused-ring (bicyclic) bond motifs is 1. The maximum Gasteiger partial charge on any atom is 0.298 e. The summed E-state index contributed by atoms with van der Waals surface area (Å²) in [6.07, 6.45) is 0.